The van der Waals surface area contributed by atoms with Gasteiger partial charge in [0.05, 0.1) is 6.04 Å². The number of hydrogen-bond donors (Lipinski definition) is 1. The highest BCUT2D eigenvalue weighted by atomic mass is 28.4. The van der Waals surface area contributed by atoms with E-state index in [2.05, 4.69) is 44.0 Å². The number of carbonyl (C=O) groups excluding carboxylic acids is 2. The van der Waals surface area contributed by atoms with Crippen LogP contribution in [0.15, 0.2) is 52.3 Å². The van der Waals surface area contributed by atoms with Crippen LogP contribution in [-0.4, -0.2) is 59.7 Å². The maximum absolute atomic E-state index is 15.2. The highest BCUT2D eigenvalue weighted by Crippen LogP contribution is 2.59. The van der Waals surface area contributed by atoms with Crippen LogP contribution < -0.4 is 4.74 Å². The van der Waals surface area contributed by atoms with E-state index in [4.69, 9.17) is 13.7 Å². The standard InChI is InChI=1S/C35H43N3O6Si/c1-19-15-22-16-23-17-24-28(38(6)7)30-27(33(37-43-30)42-18-21-13-11-10-12-14-21)32(41)35(24,44-45(8,9)34(3,4)5)31(40)26(23)29(39)25(22)20(2)36-19/h10-15,23-24,28,40H,16-18H2,1-9H3/t23-,24-,28-,35-/m0/s1. The van der Waals surface area contributed by atoms with Crippen LogP contribution in [0.25, 0.3) is 0 Å². The molecule has 3 aliphatic rings. The Morgan fingerprint density at radius 3 is 2.44 bits per heavy atom. The predicted octanol–water partition coefficient (Wildman–Crippen LogP) is 6.71. The summed E-state index contributed by atoms with van der Waals surface area (Å²) < 4.78 is 19.2. The maximum atomic E-state index is 15.2. The number of nitrogens with zero attached hydrogens (tertiary/aromatic N) is 3. The van der Waals surface area contributed by atoms with Crippen molar-refractivity contribution >= 4 is 19.9 Å². The number of pyridine rings is 1. The van der Waals surface area contributed by atoms with Gasteiger partial charge in [0.15, 0.2) is 25.5 Å². The Hall–Kier alpha value is -3.60. The van der Waals surface area contributed by atoms with E-state index in [1.165, 1.54) is 0 Å². The Kier molecular flexibility index (Phi) is 7.49. The Labute approximate surface area is 265 Å². The summed E-state index contributed by atoms with van der Waals surface area (Å²) in [6, 6.07) is 11.1. The number of benzene rings is 1. The van der Waals surface area contributed by atoms with Crippen LogP contribution in [0.5, 0.6) is 5.88 Å². The van der Waals surface area contributed by atoms with E-state index in [9.17, 15) is 9.90 Å². The summed E-state index contributed by atoms with van der Waals surface area (Å²) >= 11 is 0. The van der Waals surface area contributed by atoms with Crippen LogP contribution in [0.1, 0.15) is 82.2 Å². The second-order valence-corrected chi connectivity index (χ2v) is 19.3. The molecule has 6 rings (SSSR count). The van der Waals surface area contributed by atoms with E-state index >= 15 is 4.79 Å². The van der Waals surface area contributed by atoms with Crippen molar-refractivity contribution in [3.8, 4) is 5.88 Å². The van der Waals surface area contributed by atoms with E-state index in [0.29, 0.717) is 29.9 Å². The first-order valence-corrected chi connectivity index (χ1v) is 18.5. The van der Waals surface area contributed by atoms with Crippen LogP contribution in [0.2, 0.25) is 18.1 Å². The van der Waals surface area contributed by atoms with Gasteiger partial charge in [-0.3, -0.25) is 19.5 Å². The van der Waals surface area contributed by atoms with Crippen molar-refractivity contribution in [2.45, 2.75) is 83.8 Å². The van der Waals surface area contributed by atoms with Gasteiger partial charge in [0, 0.05) is 28.4 Å². The molecule has 1 N–H and O–H groups in total. The minimum absolute atomic E-state index is 0.0538. The van der Waals surface area contributed by atoms with E-state index in [0.717, 1.165) is 16.8 Å². The van der Waals surface area contributed by atoms with Crippen molar-refractivity contribution < 1.29 is 28.4 Å². The number of carbonyl (C=O) groups is 2. The van der Waals surface area contributed by atoms with Gasteiger partial charge in [-0.15, -0.1) is 0 Å². The quantitative estimate of drug-likeness (QED) is 0.297. The second-order valence-electron chi connectivity index (χ2n) is 14.6. The minimum atomic E-state index is -2.76. The number of aryl methyl sites for hydroxylation is 2. The fourth-order valence-electron chi connectivity index (χ4n) is 7.26. The number of Topliss-reactive ketones (excluding diaryl/α,β-unsaturated/α-hetero) is 2. The fraction of sp³-hybridized carbons (Fsp3) is 0.486. The average Bonchev–Trinajstić information content (AvgIpc) is 3.36. The summed E-state index contributed by atoms with van der Waals surface area (Å²) in [7, 11) is 1.08. The van der Waals surface area contributed by atoms with E-state index in [1.54, 1.807) is 0 Å². The largest absolute Gasteiger partial charge is 0.508 e. The Bertz CT molecular complexity index is 1720. The molecule has 2 aromatic heterocycles. The van der Waals surface area contributed by atoms with Gasteiger partial charge in [0.1, 0.15) is 17.9 Å². The second kappa shape index (κ2) is 10.7. The lowest BCUT2D eigenvalue weighted by molar-refractivity contribution is -0.0480. The number of rotatable bonds is 6. The van der Waals surface area contributed by atoms with Gasteiger partial charge in [0.25, 0.3) is 5.88 Å². The monoisotopic (exact) mass is 629 g/mol. The third-order valence-corrected chi connectivity index (χ3v) is 14.8. The first kappa shape index (κ1) is 31.4. The average molecular weight is 630 g/mol. The molecule has 3 aliphatic carbocycles. The zero-order chi connectivity index (χ0) is 32.6. The lowest BCUT2D eigenvalue weighted by Crippen LogP contribution is -2.65. The van der Waals surface area contributed by atoms with Gasteiger partial charge in [0.2, 0.25) is 5.78 Å². The molecule has 4 atom stereocenters. The minimum Gasteiger partial charge on any atom is -0.508 e. The molecule has 0 spiro atoms. The van der Waals surface area contributed by atoms with E-state index < -0.39 is 31.7 Å². The summed E-state index contributed by atoms with van der Waals surface area (Å²) in [6.45, 7) is 14.3. The molecule has 1 aromatic carbocycles. The summed E-state index contributed by atoms with van der Waals surface area (Å²) in [5.74, 6) is -1.46. The summed E-state index contributed by atoms with van der Waals surface area (Å²) in [5, 5.41) is 16.5. The van der Waals surface area contributed by atoms with Gasteiger partial charge in [-0.25, -0.2) is 0 Å². The Morgan fingerprint density at radius 2 is 1.80 bits per heavy atom. The van der Waals surface area contributed by atoms with Crippen LogP contribution in [0.3, 0.4) is 0 Å². The van der Waals surface area contributed by atoms with Crippen molar-refractivity contribution in [3.63, 3.8) is 0 Å². The van der Waals surface area contributed by atoms with Gasteiger partial charge >= 0.3 is 0 Å². The number of aliphatic hydroxyl groups excluding tert-OH is 1. The molecule has 3 aromatic rings. The smallest absolute Gasteiger partial charge is 0.265 e. The first-order valence-electron chi connectivity index (χ1n) is 15.6. The predicted molar refractivity (Wildman–Crippen MR) is 172 cm³/mol. The molecule has 0 saturated heterocycles. The van der Waals surface area contributed by atoms with Gasteiger partial charge in [-0.2, -0.15) is 0 Å². The molecule has 10 heteroatoms. The zero-order valence-corrected chi connectivity index (χ0v) is 28.6. The van der Waals surface area contributed by atoms with Gasteiger partial charge in [-0.05, 0) is 87.2 Å². The number of hydrogen-bond acceptors (Lipinski definition) is 9. The molecule has 0 radical (unpaired) electrons. The summed E-state index contributed by atoms with van der Waals surface area (Å²) in [6.07, 6.45) is 0.995. The highest BCUT2D eigenvalue weighted by Gasteiger charge is 2.67. The number of aromatic nitrogens is 2. The number of fused-ring (bicyclic) bond motifs is 4. The van der Waals surface area contributed by atoms with E-state index in [1.807, 2.05) is 69.2 Å². The molecular weight excluding hydrogens is 586 g/mol. The van der Waals surface area contributed by atoms with Crippen molar-refractivity contribution in [2.24, 2.45) is 11.8 Å². The summed E-state index contributed by atoms with van der Waals surface area (Å²) in [5.41, 5.74) is 2.37. The SMILES string of the molecule is Cc1cc2c(c(C)n1)C(=O)C1=C(O)[C@]3(O[Si](C)(C)C(C)(C)C)C(=O)c4c(OCc5ccccc5)noc4[C@@H](N(C)C)[C@@H]3C[C@@H]1C2. The van der Waals surface area contributed by atoms with Crippen molar-refractivity contribution in [1.29, 1.82) is 0 Å². The highest BCUT2D eigenvalue weighted by molar-refractivity contribution is 6.74. The summed E-state index contributed by atoms with van der Waals surface area (Å²) in [4.78, 5) is 36.1. The lowest BCUT2D eigenvalue weighted by atomic mass is 9.58. The molecule has 45 heavy (non-hydrogen) atoms. The first-order chi connectivity index (χ1) is 21.1. The lowest BCUT2D eigenvalue weighted by Gasteiger charge is -2.55. The molecule has 0 bridgehead atoms. The topological polar surface area (TPSA) is 115 Å². The van der Waals surface area contributed by atoms with Crippen molar-refractivity contribution in [2.75, 3.05) is 14.1 Å². The number of ether oxygens (including phenoxy) is 1. The number of ketones is 2. The third-order valence-electron chi connectivity index (χ3n) is 10.3. The molecule has 0 fully saturated rings. The Balaban J connectivity index is 1.58. The van der Waals surface area contributed by atoms with Crippen LogP contribution >= 0.6 is 0 Å². The zero-order valence-electron chi connectivity index (χ0n) is 27.6. The molecule has 9 nitrogen and oxygen atoms in total. The van der Waals surface area contributed by atoms with Crippen LogP contribution in [0, 0.1) is 25.7 Å². The van der Waals surface area contributed by atoms with E-state index in [-0.39, 0.29) is 46.1 Å². The Morgan fingerprint density at radius 1 is 1.11 bits per heavy atom. The molecule has 0 saturated carbocycles. The van der Waals surface area contributed by atoms with Gasteiger partial charge in [-0.1, -0.05) is 51.1 Å². The molecular formula is C35H43N3O6Si. The van der Waals surface area contributed by atoms with Crippen molar-refractivity contribution in [3.05, 3.63) is 87.1 Å². The fourth-order valence-corrected chi connectivity index (χ4v) is 8.71. The third kappa shape index (κ3) is 4.80. The number of allylic oxidation sites excluding steroid dienone is 1. The normalized spacial score (nSPS) is 24.7. The molecule has 238 valence electrons. The molecule has 0 amide bonds. The van der Waals surface area contributed by atoms with Crippen LogP contribution in [0.4, 0.5) is 0 Å². The van der Waals surface area contributed by atoms with Crippen molar-refractivity contribution in [1.82, 2.24) is 15.0 Å². The molecule has 2 heterocycles. The molecule has 0 aliphatic heterocycles. The van der Waals surface area contributed by atoms with Crippen LogP contribution in [-0.2, 0) is 17.5 Å². The van der Waals surface area contributed by atoms with Gasteiger partial charge < -0.3 is 18.8 Å². The number of aliphatic hydroxyl groups is 1. The molecule has 0 unspecified atom stereocenters. The maximum Gasteiger partial charge on any atom is 0.265 e.